The van der Waals surface area contributed by atoms with Crippen molar-refractivity contribution in [1.29, 1.82) is 0 Å². The third-order valence-electron chi connectivity index (χ3n) is 5.06. The van der Waals surface area contributed by atoms with Crippen LogP contribution in [0.5, 0.6) is 0 Å². The molecule has 0 N–H and O–H groups in total. The van der Waals surface area contributed by atoms with Crippen LogP contribution in [0.4, 0.5) is 0 Å². The van der Waals surface area contributed by atoms with E-state index in [0.717, 1.165) is 24.8 Å². The first kappa shape index (κ1) is 25.7. The van der Waals surface area contributed by atoms with Crippen molar-refractivity contribution < 1.29 is 39.5 Å². The summed E-state index contributed by atoms with van der Waals surface area (Å²) in [4.78, 5) is 11.3. The van der Waals surface area contributed by atoms with Gasteiger partial charge in [-0.1, -0.05) is 114 Å². The van der Waals surface area contributed by atoms with Crippen LogP contribution in [0.3, 0.4) is 0 Å². The van der Waals surface area contributed by atoms with Crippen LogP contribution < -0.4 is 34.7 Å². The molecule has 1 rings (SSSR count). The summed E-state index contributed by atoms with van der Waals surface area (Å²) in [5.41, 5.74) is 1.09. The number of rotatable bonds is 16. The maximum absolute atomic E-state index is 11.3. The van der Waals surface area contributed by atoms with Gasteiger partial charge in [-0.3, -0.25) is 0 Å². The second-order valence-electron chi connectivity index (χ2n) is 7.38. The number of hydrogen-bond acceptors (Lipinski definition) is 2. The first-order valence-electron chi connectivity index (χ1n) is 10.5. The predicted octanol–water partition coefficient (Wildman–Crippen LogP) is 2.69. The smallest absolute Gasteiger partial charge is 0.550 e. The summed E-state index contributed by atoms with van der Waals surface area (Å²) in [6.07, 6.45) is 17.0. The Labute approximate surface area is 183 Å². The van der Waals surface area contributed by atoms with E-state index in [4.69, 9.17) is 0 Å². The number of carbonyl (C=O) groups is 1. The number of unbranched alkanes of at least 4 members (excludes halogenated alkanes) is 11. The molecular formula is C23H37NaO2. The Morgan fingerprint density at radius 3 is 1.73 bits per heavy atom. The molecule has 0 aliphatic rings. The summed E-state index contributed by atoms with van der Waals surface area (Å²) in [5, 5.41) is 11.3. The van der Waals surface area contributed by atoms with Crippen LogP contribution in [0.2, 0.25) is 0 Å². The molecule has 0 radical (unpaired) electrons. The van der Waals surface area contributed by atoms with E-state index in [2.05, 4.69) is 6.92 Å². The van der Waals surface area contributed by atoms with Gasteiger partial charge in [0.25, 0.3) is 0 Å². The maximum Gasteiger partial charge on any atom is 1.00 e. The first-order chi connectivity index (χ1) is 12.2. The average molecular weight is 369 g/mol. The molecule has 1 unspecified atom stereocenters. The molecule has 26 heavy (non-hydrogen) atoms. The summed E-state index contributed by atoms with van der Waals surface area (Å²) in [6.45, 7) is 2.26. The van der Waals surface area contributed by atoms with E-state index in [-0.39, 0.29) is 35.5 Å². The maximum atomic E-state index is 11.3. The molecule has 0 amide bonds. The summed E-state index contributed by atoms with van der Waals surface area (Å²) in [5.74, 6) is -1.24. The molecule has 0 heterocycles. The fraction of sp³-hybridized carbons (Fsp3) is 0.696. The van der Waals surface area contributed by atoms with E-state index in [1.54, 1.807) is 0 Å². The number of aliphatic carboxylic acids is 1. The summed E-state index contributed by atoms with van der Waals surface area (Å²) in [6, 6.07) is 9.89. The quantitative estimate of drug-likeness (QED) is 0.332. The molecule has 142 valence electrons. The van der Waals surface area contributed by atoms with Gasteiger partial charge in [-0.15, -0.1) is 0 Å². The van der Waals surface area contributed by atoms with Crippen molar-refractivity contribution >= 4 is 5.97 Å². The minimum Gasteiger partial charge on any atom is -0.550 e. The van der Waals surface area contributed by atoms with Gasteiger partial charge in [0.1, 0.15) is 0 Å². The standard InChI is InChI=1S/C23H38O2.Na/c1-2-3-4-5-6-7-8-9-10-11-12-16-19-22(23(24)25)20-21-17-14-13-15-18-21;/h13-15,17-18,22H,2-12,16,19-20H2,1H3,(H,24,25);/q;+1/p-1. The van der Waals surface area contributed by atoms with Crippen molar-refractivity contribution in [3.05, 3.63) is 35.9 Å². The molecule has 1 atom stereocenters. The van der Waals surface area contributed by atoms with Crippen LogP contribution in [-0.4, -0.2) is 5.97 Å². The van der Waals surface area contributed by atoms with Gasteiger partial charge in [-0.2, -0.15) is 0 Å². The van der Waals surface area contributed by atoms with E-state index in [9.17, 15) is 9.90 Å². The first-order valence-corrected chi connectivity index (χ1v) is 10.5. The van der Waals surface area contributed by atoms with Gasteiger partial charge in [-0.05, 0) is 18.4 Å². The SMILES string of the molecule is CCCCCCCCCCCCCCC(Cc1ccccc1)C(=O)[O-].[Na+]. The molecule has 0 saturated carbocycles. The summed E-state index contributed by atoms with van der Waals surface area (Å²) >= 11 is 0. The van der Waals surface area contributed by atoms with Crippen LogP contribution in [0.15, 0.2) is 30.3 Å². The summed E-state index contributed by atoms with van der Waals surface area (Å²) in [7, 11) is 0. The topological polar surface area (TPSA) is 40.1 Å². The molecule has 1 aromatic rings. The summed E-state index contributed by atoms with van der Waals surface area (Å²) < 4.78 is 0. The molecule has 0 saturated heterocycles. The molecule has 0 fully saturated rings. The normalized spacial score (nSPS) is 11.7. The predicted molar refractivity (Wildman–Crippen MR) is 104 cm³/mol. The molecule has 0 aliphatic carbocycles. The molecule has 0 aliphatic heterocycles. The van der Waals surface area contributed by atoms with Gasteiger partial charge in [0, 0.05) is 11.9 Å². The number of carboxylic acid groups (broad SMARTS) is 1. The minimum atomic E-state index is -0.896. The van der Waals surface area contributed by atoms with E-state index < -0.39 is 5.97 Å². The number of carboxylic acids is 1. The molecule has 3 heteroatoms. The molecule has 0 bridgehead atoms. The van der Waals surface area contributed by atoms with Gasteiger partial charge in [0.2, 0.25) is 0 Å². The monoisotopic (exact) mass is 368 g/mol. The third kappa shape index (κ3) is 13.8. The number of benzene rings is 1. The average Bonchev–Trinajstić information content (AvgIpc) is 2.62. The Bertz CT molecular complexity index is 433. The van der Waals surface area contributed by atoms with E-state index in [1.807, 2.05) is 30.3 Å². The third-order valence-corrected chi connectivity index (χ3v) is 5.06. The number of carbonyl (C=O) groups excluding carboxylic acids is 1. The van der Waals surface area contributed by atoms with Crippen molar-refractivity contribution in [2.45, 2.75) is 96.8 Å². The van der Waals surface area contributed by atoms with Crippen LogP contribution in [0, 0.1) is 5.92 Å². The van der Waals surface area contributed by atoms with Crippen molar-refractivity contribution in [3.8, 4) is 0 Å². The van der Waals surface area contributed by atoms with Crippen molar-refractivity contribution in [2.75, 3.05) is 0 Å². The van der Waals surface area contributed by atoms with Gasteiger partial charge in [-0.25, -0.2) is 0 Å². The largest absolute Gasteiger partial charge is 1.00 e. The minimum absolute atomic E-state index is 0. The fourth-order valence-corrected chi connectivity index (χ4v) is 3.43. The molecule has 2 nitrogen and oxygen atoms in total. The van der Waals surface area contributed by atoms with Gasteiger partial charge >= 0.3 is 29.6 Å². The van der Waals surface area contributed by atoms with Gasteiger partial charge in [0.05, 0.1) is 0 Å². The van der Waals surface area contributed by atoms with Crippen molar-refractivity contribution in [3.63, 3.8) is 0 Å². The molecule has 0 spiro atoms. The van der Waals surface area contributed by atoms with E-state index in [1.165, 1.54) is 64.2 Å². The van der Waals surface area contributed by atoms with E-state index >= 15 is 0 Å². The van der Waals surface area contributed by atoms with Crippen LogP contribution in [-0.2, 0) is 11.2 Å². The second kappa shape index (κ2) is 18.1. The zero-order valence-electron chi connectivity index (χ0n) is 17.2. The molecule has 1 aromatic carbocycles. The zero-order chi connectivity index (χ0) is 18.2. The Morgan fingerprint density at radius 1 is 0.808 bits per heavy atom. The van der Waals surface area contributed by atoms with Gasteiger partial charge in [0.15, 0.2) is 0 Å². The van der Waals surface area contributed by atoms with Crippen molar-refractivity contribution in [2.24, 2.45) is 5.92 Å². The molecular weight excluding hydrogens is 331 g/mol. The van der Waals surface area contributed by atoms with Gasteiger partial charge < -0.3 is 9.90 Å². The Balaban J connectivity index is 0.00000625. The Morgan fingerprint density at radius 2 is 1.27 bits per heavy atom. The van der Waals surface area contributed by atoms with Crippen LogP contribution in [0.25, 0.3) is 0 Å². The fourth-order valence-electron chi connectivity index (χ4n) is 3.43. The second-order valence-corrected chi connectivity index (χ2v) is 7.38. The van der Waals surface area contributed by atoms with Crippen molar-refractivity contribution in [1.82, 2.24) is 0 Å². The number of hydrogen-bond donors (Lipinski definition) is 0. The van der Waals surface area contributed by atoms with Crippen LogP contribution >= 0.6 is 0 Å². The Hall–Kier alpha value is -0.310. The zero-order valence-corrected chi connectivity index (χ0v) is 19.2. The Kier molecular flexibility index (Phi) is 17.9. The molecule has 0 aromatic heterocycles. The van der Waals surface area contributed by atoms with Crippen LogP contribution in [0.1, 0.15) is 96.0 Å². The van der Waals surface area contributed by atoms with E-state index in [0.29, 0.717) is 6.42 Å².